The minimum absolute atomic E-state index is 0.0448. The molecule has 0 aliphatic heterocycles. The predicted octanol–water partition coefficient (Wildman–Crippen LogP) is 3.61. The molecule has 0 unspecified atom stereocenters. The van der Waals surface area contributed by atoms with Crippen LogP contribution in [0.25, 0.3) is 22.1 Å². The van der Waals surface area contributed by atoms with Crippen molar-refractivity contribution in [2.24, 2.45) is 5.73 Å². The first-order chi connectivity index (χ1) is 12.3. The Bertz CT molecular complexity index is 1130. The molecule has 26 heavy (non-hydrogen) atoms. The normalized spacial score (nSPS) is 12.1. The highest BCUT2D eigenvalue weighted by Crippen LogP contribution is 2.25. The van der Waals surface area contributed by atoms with Crippen LogP contribution in [0, 0.1) is 5.41 Å². The summed E-state index contributed by atoms with van der Waals surface area (Å²) in [7, 11) is 0. The Morgan fingerprint density at radius 3 is 2.12 bits per heavy atom. The summed E-state index contributed by atoms with van der Waals surface area (Å²) in [5.41, 5.74) is 11.3. The molecule has 2 heterocycles. The van der Waals surface area contributed by atoms with Crippen LogP contribution in [0.2, 0.25) is 0 Å². The highest BCUT2D eigenvalue weighted by Gasteiger charge is 2.15. The van der Waals surface area contributed by atoms with Crippen LogP contribution >= 0.6 is 0 Å². The lowest BCUT2D eigenvalue weighted by Gasteiger charge is -2.18. The average molecular weight is 346 g/mol. The van der Waals surface area contributed by atoms with Crippen LogP contribution in [0.4, 0.5) is 0 Å². The molecule has 6 nitrogen and oxygen atoms in total. The predicted molar refractivity (Wildman–Crippen MR) is 105 cm³/mol. The second kappa shape index (κ2) is 5.69. The molecule has 132 valence electrons. The molecule has 0 saturated heterocycles. The number of amidine groups is 1. The van der Waals surface area contributed by atoms with Gasteiger partial charge in [-0.1, -0.05) is 26.8 Å². The van der Waals surface area contributed by atoms with Crippen molar-refractivity contribution in [3.05, 3.63) is 59.2 Å². The lowest BCUT2D eigenvalue weighted by atomic mass is 9.87. The zero-order chi connectivity index (χ0) is 18.5. The van der Waals surface area contributed by atoms with Crippen molar-refractivity contribution in [1.29, 1.82) is 5.41 Å². The van der Waals surface area contributed by atoms with E-state index in [1.165, 1.54) is 5.56 Å². The van der Waals surface area contributed by atoms with Crippen molar-refractivity contribution < 1.29 is 0 Å². The maximum absolute atomic E-state index is 7.54. The minimum Gasteiger partial charge on any atom is -0.384 e. The topological polar surface area (TPSA) is 107 Å². The van der Waals surface area contributed by atoms with E-state index in [4.69, 9.17) is 16.1 Å². The first-order valence-electron chi connectivity index (χ1n) is 8.62. The minimum atomic E-state index is 0.0448. The molecular formula is C20H22N6. The number of nitrogens with two attached hydrogens (primary N) is 1. The van der Waals surface area contributed by atoms with Gasteiger partial charge in [-0.3, -0.25) is 5.41 Å². The smallest absolute Gasteiger partial charge is 0.122 e. The number of aromatic amines is 2. The van der Waals surface area contributed by atoms with Crippen molar-refractivity contribution in [3.63, 3.8) is 0 Å². The van der Waals surface area contributed by atoms with E-state index in [2.05, 4.69) is 53.9 Å². The standard InChI is InChI=1S/C20H22N6/c1-20(2,3)12-5-7-14-16(9-12)26-18(24-14)10-17-23-13-6-4-11(19(21)22)8-15(13)25-17/h4-9H,10H2,1-3H3,(H3,21,22)(H,23,25)(H,24,26). The number of H-pyrrole nitrogens is 2. The van der Waals surface area contributed by atoms with Gasteiger partial charge in [0.15, 0.2) is 0 Å². The third kappa shape index (κ3) is 2.94. The van der Waals surface area contributed by atoms with Crippen molar-refractivity contribution in [2.75, 3.05) is 0 Å². The summed E-state index contributed by atoms with van der Waals surface area (Å²) < 4.78 is 0. The van der Waals surface area contributed by atoms with Crippen molar-refractivity contribution in [2.45, 2.75) is 32.6 Å². The van der Waals surface area contributed by atoms with E-state index in [0.717, 1.165) is 33.7 Å². The number of fused-ring (bicyclic) bond motifs is 2. The lowest BCUT2D eigenvalue weighted by Crippen LogP contribution is -2.10. The quantitative estimate of drug-likeness (QED) is 0.336. The number of benzene rings is 2. The van der Waals surface area contributed by atoms with Crippen LogP contribution in [-0.4, -0.2) is 25.8 Å². The van der Waals surface area contributed by atoms with Gasteiger partial charge in [0, 0.05) is 5.56 Å². The van der Waals surface area contributed by atoms with E-state index < -0.39 is 0 Å². The number of hydrogen-bond donors (Lipinski definition) is 4. The van der Waals surface area contributed by atoms with E-state index in [1.807, 2.05) is 18.2 Å². The van der Waals surface area contributed by atoms with E-state index in [0.29, 0.717) is 12.0 Å². The molecule has 6 heteroatoms. The fourth-order valence-electron chi connectivity index (χ4n) is 3.08. The molecule has 4 aromatic rings. The van der Waals surface area contributed by atoms with Gasteiger partial charge in [0.05, 0.1) is 28.5 Å². The van der Waals surface area contributed by atoms with Crippen LogP contribution in [-0.2, 0) is 11.8 Å². The van der Waals surface area contributed by atoms with Gasteiger partial charge in [-0.25, -0.2) is 9.97 Å². The maximum atomic E-state index is 7.54. The van der Waals surface area contributed by atoms with Gasteiger partial charge < -0.3 is 15.7 Å². The van der Waals surface area contributed by atoms with E-state index in [-0.39, 0.29) is 11.3 Å². The summed E-state index contributed by atoms with van der Waals surface area (Å²) >= 11 is 0. The molecule has 0 aliphatic rings. The first kappa shape index (κ1) is 16.3. The summed E-state index contributed by atoms with van der Waals surface area (Å²) in [5.74, 6) is 1.75. The molecule has 0 aliphatic carbocycles. The third-order valence-electron chi connectivity index (χ3n) is 4.58. The van der Waals surface area contributed by atoms with Crippen molar-refractivity contribution in [1.82, 2.24) is 19.9 Å². The van der Waals surface area contributed by atoms with Gasteiger partial charge in [-0.05, 0) is 41.3 Å². The molecule has 5 N–H and O–H groups in total. The molecule has 0 spiro atoms. The molecule has 2 aromatic heterocycles. The van der Waals surface area contributed by atoms with Gasteiger partial charge >= 0.3 is 0 Å². The SMILES string of the molecule is CC(C)(C)c1ccc2[nH]c(Cc3nc4cc(C(=N)N)ccc4[nH]3)nc2c1. The second-order valence-electron chi connectivity index (χ2n) is 7.67. The van der Waals surface area contributed by atoms with E-state index in [9.17, 15) is 0 Å². The van der Waals surface area contributed by atoms with Crippen molar-refractivity contribution in [3.8, 4) is 0 Å². The fraction of sp³-hybridized carbons (Fsp3) is 0.250. The summed E-state index contributed by atoms with van der Waals surface area (Å²) in [5, 5.41) is 7.54. The summed E-state index contributed by atoms with van der Waals surface area (Å²) in [4.78, 5) is 16.0. The Hall–Kier alpha value is -3.15. The Labute approximate surface area is 151 Å². The number of aromatic nitrogens is 4. The van der Waals surface area contributed by atoms with Gasteiger partial charge in [0.25, 0.3) is 0 Å². The first-order valence-corrected chi connectivity index (χ1v) is 8.62. The van der Waals surface area contributed by atoms with E-state index in [1.54, 1.807) is 0 Å². The van der Waals surface area contributed by atoms with Gasteiger partial charge in [-0.15, -0.1) is 0 Å². The van der Waals surface area contributed by atoms with Crippen LogP contribution < -0.4 is 5.73 Å². The van der Waals surface area contributed by atoms with E-state index >= 15 is 0 Å². The van der Waals surface area contributed by atoms with Crippen LogP contribution in [0.3, 0.4) is 0 Å². The molecule has 0 amide bonds. The molecular weight excluding hydrogens is 324 g/mol. The summed E-state index contributed by atoms with van der Waals surface area (Å²) in [6.07, 6.45) is 0.587. The number of nitrogen functional groups attached to an aromatic ring is 1. The Balaban J connectivity index is 1.66. The zero-order valence-corrected chi connectivity index (χ0v) is 15.1. The maximum Gasteiger partial charge on any atom is 0.122 e. The molecule has 4 rings (SSSR count). The number of nitrogens with zero attached hydrogens (tertiary/aromatic N) is 2. The second-order valence-corrected chi connectivity index (χ2v) is 7.67. The zero-order valence-electron chi connectivity index (χ0n) is 15.1. The van der Waals surface area contributed by atoms with Crippen LogP contribution in [0.15, 0.2) is 36.4 Å². The highest BCUT2D eigenvalue weighted by molar-refractivity contribution is 5.97. The average Bonchev–Trinajstić information content (AvgIpc) is 3.14. The third-order valence-corrected chi connectivity index (χ3v) is 4.58. The Morgan fingerprint density at radius 1 is 0.962 bits per heavy atom. The van der Waals surface area contributed by atoms with Crippen LogP contribution in [0.1, 0.15) is 43.5 Å². The highest BCUT2D eigenvalue weighted by atomic mass is 15.0. The Morgan fingerprint density at radius 2 is 1.54 bits per heavy atom. The Kier molecular flexibility index (Phi) is 3.57. The van der Waals surface area contributed by atoms with Crippen molar-refractivity contribution >= 4 is 27.9 Å². The monoisotopic (exact) mass is 346 g/mol. The molecule has 0 saturated carbocycles. The molecule has 0 bridgehead atoms. The molecule has 0 fully saturated rings. The number of rotatable bonds is 3. The largest absolute Gasteiger partial charge is 0.384 e. The lowest BCUT2D eigenvalue weighted by molar-refractivity contribution is 0.591. The summed E-state index contributed by atoms with van der Waals surface area (Å²) in [6, 6.07) is 11.9. The fourth-order valence-corrected chi connectivity index (χ4v) is 3.08. The number of hydrogen-bond acceptors (Lipinski definition) is 3. The molecule has 0 atom stereocenters. The van der Waals surface area contributed by atoms with Gasteiger partial charge in [-0.2, -0.15) is 0 Å². The van der Waals surface area contributed by atoms with Gasteiger partial charge in [0.1, 0.15) is 17.5 Å². The molecule has 0 radical (unpaired) electrons. The number of nitrogens with one attached hydrogen (secondary N) is 3. The number of imidazole rings is 2. The van der Waals surface area contributed by atoms with Gasteiger partial charge in [0.2, 0.25) is 0 Å². The molecule has 2 aromatic carbocycles. The summed E-state index contributed by atoms with van der Waals surface area (Å²) in [6.45, 7) is 6.60. The van der Waals surface area contributed by atoms with Crippen LogP contribution in [0.5, 0.6) is 0 Å².